The van der Waals surface area contributed by atoms with E-state index in [4.69, 9.17) is 0 Å². The van der Waals surface area contributed by atoms with E-state index in [0.29, 0.717) is 17.6 Å². The fourth-order valence-electron chi connectivity index (χ4n) is 3.69. The lowest BCUT2D eigenvalue weighted by Crippen LogP contribution is -2.34. The predicted octanol–water partition coefficient (Wildman–Crippen LogP) is 5.02. The van der Waals surface area contributed by atoms with E-state index < -0.39 is 11.9 Å². The lowest BCUT2D eigenvalue weighted by Gasteiger charge is -2.32. The molecule has 30 heavy (non-hydrogen) atoms. The predicted molar refractivity (Wildman–Crippen MR) is 107 cm³/mol. The van der Waals surface area contributed by atoms with Crippen LogP contribution in [0.15, 0.2) is 73.0 Å². The quantitative estimate of drug-likeness (QED) is 0.607. The van der Waals surface area contributed by atoms with Crippen molar-refractivity contribution in [2.24, 2.45) is 0 Å². The van der Waals surface area contributed by atoms with Crippen LogP contribution in [0.5, 0.6) is 0 Å². The maximum absolute atomic E-state index is 13.8. The van der Waals surface area contributed by atoms with Crippen LogP contribution in [0.3, 0.4) is 0 Å². The molecule has 0 unspecified atom stereocenters. The Kier molecular flexibility index (Phi) is 4.42. The summed E-state index contributed by atoms with van der Waals surface area (Å²) in [6.07, 6.45) is 5.29. The van der Waals surface area contributed by atoms with Crippen LogP contribution in [0, 0.1) is 0 Å². The molecule has 5 nitrogen and oxygen atoms in total. The van der Waals surface area contributed by atoms with Crippen LogP contribution in [0.25, 0.3) is 17.0 Å². The van der Waals surface area contributed by atoms with Crippen LogP contribution in [0.2, 0.25) is 0 Å². The summed E-state index contributed by atoms with van der Waals surface area (Å²) >= 11 is 0. The topological polar surface area (TPSA) is 46.8 Å². The van der Waals surface area contributed by atoms with Crippen LogP contribution < -0.4 is 4.90 Å². The van der Waals surface area contributed by atoms with Gasteiger partial charge < -0.3 is 9.47 Å². The fraction of sp³-hybridized carbons (Fsp3) is 0.227. The number of benzene rings is 1. The average molecular weight is 409 g/mol. The van der Waals surface area contributed by atoms with E-state index in [1.165, 1.54) is 11.0 Å². The number of nitrogens with zero attached hydrogens (tertiary/aromatic N) is 5. The number of rotatable bonds is 4. The molecule has 152 valence electrons. The van der Waals surface area contributed by atoms with Crippen LogP contribution in [0.1, 0.15) is 24.4 Å². The van der Waals surface area contributed by atoms with Crippen molar-refractivity contribution in [3.63, 3.8) is 0 Å². The molecule has 1 aromatic carbocycles. The summed E-state index contributed by atoms with van der Waals surface area (Å²) in [5, 5.41) is 8.20. The molecule has 8 heteroatoms. The van der Waals surface area contributed by atoms with Crippen molar-refractivity contribution < 1.29 is 13.2 Å². The number of aromatic nitrogens is 4. The molecule has 0 spiro atoms. The van der Waals surface area contributed by atoms with Gasteiger partial charge in [-0.15, -0.1) is 10.2 Å². The smallest absolute Gasteiger partial charge is 0.333 e. The van der Waals surface area contributed by atoms with Gasteiger partial charge in [-0.1, -0.05) is 18.2 Å². The van der Waals surface area contributed by atoms with Crippen molar-refractivity contribution in [3.8, 4) is 11.4 Å². The molecule has 0 saturated heterocycles. The summed E-state index contributed by atoms with van der Waals surface area (Å²) in [6, 6.07) is 11.0. The van der Waals surface area contributed by atoms with Gasteiger partial charge in [0.05, 0.1) is 0 Å². The third-order valence-electron chi connectivity index (χ3n) is 5.33. The minimum absolute atomic E-state index is 0.105. The summed E-state index contributed by atoms with van der Waals surface area (Å²) < 4.78 is 43.3. The molecule has 0 radical (unpaired) electrons. The summed E-state index contributed by atoms with van der Waals surface area (Å²) in [5.74, 6) is 0.679. The molecule has 1 saturated carbocycles. The largest absolute Gasteiger partial charge is 0.431 e. The third kappa shape index (κ3) is 3.49. The first-order valence-electron chi connectivity index (χ1n) is 9.66. The Hall–Kier alpha value is -3.42. The number of pyridine rings is 1. The lowest BCUT2D eigenvalue weighted by molar-refractivity contribution is -0.0932. The van der Waals surface area contributed by atoms with Gasteiger partial charge in [-0.3, -0.25) is 4.98 Å². The van der Waals surface area contributed by atoms with Crippen molar-refractivity contribution in [2.75, 3.05) is 11.4 Å². The Labute approximate surface area is 171 Å². The van der Waals surface area contributed by atoms with Gasteiger partial charge in [-0.2, -0.15) is 13.2 Å². The zero-order valence-corrected chi connectivity index (χ0v) is 15.9. The highest BCUT2D eigenvalue weighted by atomic mass is 19.4. The summed E-state index contributed by atoms with van der Waals surface area (Å²) in [4.78, 5) is 5.29. The maximum Gasteiger partial charge on any atom is 0.431 e. The Bertz CT molecular complexity index is 1130. The molecule has 2 aliphatic rings. The van der Waals surface area contributed by atoms with Crippen molar-refractivity contribution in [1.29, 1.82) is 0 Å². The molecule has 1 aliphatic carbocycles. The molecule has 2 aromatic heterocycles. The first-order valence-corrected chi connectivity index (χ1v) is 9.66. The molecule has 1 fully saturated rings. The van der Waals surface area contributed by atoms with E-state index >= 15 is 0 Å². The number of alkyl halides is 3. The van der Waals surface area contributed by atoms with Gasteiger partial charge in [0, 0.05) is 36.2 Å². The van der Waals surface area contributed by atoms with E-state index in [0.717, 1.165) is 35.6 Å². The fourth-order valence-corrected chi connectivity index (χ4v) is 3.69. The van der Waals surface area contributed by atoms with E-state index in [1.54, 1.807) is 49.1 Å². The zero-order valence-electron chi connectivity index (χ0n) is 15.9. The monoisotopic (exact) mass is 409 g/mol. The molecular weight excluding hydrogens is 391 g/mol. The second-order valence-electron chi connectivity index (χ2n) is 7.41. The lowest BCUT2D eigenvalue weighted by atomic mass is 10.0. The average Bonchev–Trinajstić information content (AvgIpc) is 3.49. The van der Waals surface area contributed by atoms with Crippen molar-refractivity contribution in [1.82, 2.24) is 19.7 Å². The Morgan fingerprint density at radius 3 is 2.50 bits per heavy atom. The van der Waals surface area contributed by atoms with Crippen molar-refractivity contribution in [2.45, 2.75) is 25.1 Å². The first-order chi connectivity index (χ1) is 14.5. The molecule has 0 amide bonds. The highest BCUT2D eigenvalue weighted by Gasteiger charge is 2.39. The van der Waals surface area contributed by atoms with Crippen molar-refractivity contribution in [3.05, 3.63) is 78.5 Å². The standard InChI is InChI=1S/C22H18F3N5/c23-22(24,25)20-7-4-17(15-8-10-26-11-9-15)13-29(20)19-3-1-2-16(12-19)21-28-27-14-30(21)18-5-6-18/h1-4,7-12,14,18H,5-6,13H2. The van der Waals surface area contributed by atoms with Gasteiger partial charge in [0.25, 0.3) is 0 Å². The van der Waals surface area contributed by atoms with Gasteiger partial charge in [0.1, 0.15) is 12.0 Å². The van der Waals surface area contributed by atoms with Crippen molar-refractivity contribution >= 4 is 11.3 Å². The van der Waals surface area contributed by atoms with E-state index in [1.807, 2.05) is 10.6 Å². The second-order valence-corrected chi connectivity index (χ2v) is 7.41. The van der Waals surface area contributed by atoms with Crippen LogP contribution in [-0.2, 0) is 0 Å². The highest BCUT2D eigenvalue weighted by molar-refractivity contribution is 5.77. The maximum atomic E-state index is 13.8. The minimum atomic E-state index is -4.47. The number of hydrogen-bond donors (Lipinski definition) is 0. The Balaban J connectivity index is 1.54. The minimum Gasteiger partial charge on any atom is -0.333 e. The van der Waals surface area contributed by atoms with E-state index in [2.05, 4.69) is 15.2 Å². The molecule has 5 rings (SSSR count). The first kappa shape index (κ1) is 18.6. The third-order valence-corrected chi connectivity index (χ3v) is 5.33. The van der Waals surface area contributed by atoms with E-state index in [-0.39, 0.29) is 6.54 Å². The summed E-state index contributed by atoms with van der Waals surface area (Å²) in [7, 11) is 0. The van der Waals surface area contributed by atoms with Gasteiger partial charge >= 0.3 is 6.18 Å². The van der Waals surface area contributed by atoms with Gasteiger partial charge in [-0.05, 0) is 54.3 Å². The van der Waals surface area contributed by atoms with Crippen LogP contribution >= 0.6 is 0 Å². The van der Waals surface area contributed by atoms with Gasteiger partial charge in [-0.25, -0.2) is 0 Å². The number of anilines is 1. The summed E-state index contributed by atoms with van der Waals surface area (Å²) in [6.45, 7) is 0.105. The molecule has 1 aliphatic heterocycles. The normalized spacial score (nSPS) is 17.0. The molecule has 3 aromatic rings. The molecule has 0 atom stereocenters. The second kappa shape index (κ2) is 7.12. The van der Waals surface area contributed by atoms with Crippen LogP contribution in [-0.4, -0.2) is 32.5 Å². The molecular formula is C22H18F3N5. The highest BCUT2D eigenvalue weighted by Crippen LogP contribution is 2.40. The Morgan fingerprint density at radius 2 is 1.77 bits per heavy atom. The molecule has 0 bridgehead atoms. The van der Waals surface area contributed by atoms with Gasteiger partial charge in [0.15, 0.2) is 5.82 Å². The Morgan fingerprint density at radius 1 is 0.967 bits per heavy atom. The van der Waals surface area contributed by atoms with Crippen LogP contribution in [0.4, 0.5) is 18.9 Å². The molecule has 3 heterocycles. The number of hydrogen-bond acceptors (Lipinski definition) is 4. The zero-order chi connectivity index (χ0) is 20.7. The number of allylic oxidation sites excluding steroid dienone is 3. The van der Waals surface area contributed by atoms with Gasteiger partial charge in [0.2, 0.25) is 0 Å². The SMILES string of the molecule is FC(F)(F)C1=CC=C(c2ccncc2)CN1c1cccc(-c2nncn2C2CC2)c1. The van der Waals surface area contributed by atoms with E-state index in [9.17, 15) is 13.2 Å². The molecule has 0 N–H and O–H groups in total. The number of halogens is 3. The summed E-state index contributed by atoms with van der Waals surface area (Å²) in [5.41, 5.74) is 2.15.